The van der Waals surface area contributed by atoms with Gasteiger partial charge in [0.25, 0.3) is 0 Å². The number of amides is 1. The summed E-state index contributed by atoms with van der Waals surface area (Å²) in [6, 6.07) is 21.8. The minimum absolute atomic E-state index is 0.105. The van der Waals surface area contributed by atoms with Gasteiger partial charge >= 0.3 is 5.97 Å². The van der Waals surface area contributed by atoms with Crippen molar-refractivity contribution in [1.82, 2.24) is 9.55 Å². The molecule has 7 heteroatoms. The number of hydrogen-bond donors (Lipinski definition) is 2. The molecule has 0 atom stereocenters. The van der Waals surface area contributed by atoms with Crippen LogP contribution in [0.15, 0.2) is 77.3 Å². The number of benzene rings is 3. The van der Waals surface area contributed by atoms with Crippen molar-refractivity contribution in [3.63, 3.8) is 0 Å². The molecule has 0 saturated carbocycles. The third kappa shape index (κ3) is 4.11. The van der Waals surface area contributed by atoms with Crippen molar-refractivity contribution in [2.45, 2.75) is 13.0 Å². The number of nitrogens with one attached hydrogen (secondary N) is 1. The number of halogens is 1. The number of rotatable bonds is 6. The van der Waals surface area contributed by atoms with Crippen LogP contribution in [0.1, 0.15) is 16.8 Å². The lowest BCUT2D eigenvalue weighted by Crippen LogP contribution is -2.15. The molecule has 2 N–H and O–H groups in total. The van der Waals surface area contributed by atoms with Gasteiger partial charge in [0.15, 0.2) is 0 Å². The number of anilines is 1. The Kier molecular flexibility index (Phi) is 5.63. The summed E-state index contributed by atoms with van der Waals surface area (Å²) in [4.78, 5) is 28.4. The monoisotopic (exact) mass is 463 g/mol. The van der Waals surface area contributed by atoms with Gasteiger partial charge in [-0.1, -0.05) is 36.4 Å². The molecule has 4 rings (SSSR count). The minimum Gasteiger partial charge on any atom is -0.478 e. The van der Waals surface area contributed by atoms with Gasteiger partial charge in [0.05, 0.1) is 22.3 Å². The zero-order valence-electron chi connectivity index (χ0n) is 15.9. The SMILES string of the molecule is O=C(CCn1c(-c2ccc(C(=O)O)cc2)nc2ccccc21)Nc1ccccc1Br. The molecule has 0 saturated heterocycles. The fraction of sp³-hybridized carbons (Fsp3) is 0.0870. The maximum atomic E-state index is 12.5. The van der Waals surface area contributed by atoms with E-state index in [1.165, 1.54) is 0 Å². The molecule has 0 radical (unpaired) electrons. The Morgan fingerprint density at radius 1 is 0.967 bits per heavy atom. The summed E-state index contributed by atoms with van der Waals surface area (Å²) in [5.74, 6) is -0.382. The van der Waals surface area contributed by atoms with E-state index in [2.05, 4.69) is 21.2 Å². The summed E-state index contributed by atoms with van der Waals surface area (Å²) in [6.07, 6.45) is 0.266. The summed E-state index contributed by atoms with van der Waals surface area (Å²) >= 11 is 3.43. The number of carboxylic acids is 1. The second-order valence-corrected chi connectivity index (χ2v) is 7.59. The molecule has 1 heterocycles. The third-order valence-corrected chi connectivity index (χ3v) is 5.45. The standard InChI is InChI=1S/C23H18BrN3O3/c24-17-5-1-2-6-18(17)25-21(28)13-14-27-20-8-4-3-7-19(20)26-22(27)15-9-11-16(12-10-15)23(29)30/h1-12H,13-14H2,(H,25,28)(H,29,30). The lowest BCUT2D eigenvalue weighted by atomic mass is 10.1. The number of aromatic nitrogens is 2. The van der Waals surface area contributed by atoms with Crippen molar-refractivity contribution in [3.8, 4) is 11.4 Å². The van der Waals surface area contributed by atoms with Crippen LogP contribution in [0.2, 0.25) is 0 Å². The summed E-state index contributed by atoms with van der Waals surface area (Å²) in [5, 5.41) is 12.0. The maximum Gasteiger partial charge on any atom is 0.335 e. The Hall–Kier alpha value is -3.45. The summed E-state index contributed by atoms with van der Waals surface area (Å²) in [5.41, 5.74) is 3.48. The molecular weight excluding hydrogens is 446 g/mol. The highest BCUT2D eigenvalue weighted by Gasteiger charge is 2.15. The molecule has 3 aromatic carbocycles. The van der Waals surface area contributed by atoms with Gasteiger partial charge in [0, 0.05) is 23.0 Å². The molecule has 1 aromatic heterocycles. The van der Waals surface area contributed by atoms with Crippen molar-refractivity contribution in [2.24, 2.45) is 0 Å². The zero-order valence-corrected chi connectivity index (χ0v) is 17.5. The Labute approximate surface area is 181 Å². The lowest BCUT2D eigenvalue weighted by molar-refractivity contribution is -0.116. The van der Waals surface area contributed by atoms with Crippen LogP contribution in [-0.2, 0) is 11.3 Å². The lowest BCUT2D eigenvalue weighted by Gasteiger charge is -2.11. The molecule has 0 fully saturated rings. The minimum atomic E-state index is -0.973. The van der Waals surface area contributed by atoms with Gasteiger partial charge in [-0.25, -0.2) is 9.78 Å². The number of para-hydroxylation sites is 3. The van der Waals surface area contributed by atoms with Crippen molar-refractivity contribution < 1.29 is 14.7 Å². The van der Waals surface area contributed by atoms with E-state index in [0.29, 0.717) is 12.4 Å². The second kappa shape index (κ2) is 8.51. The number of fused-ring (bicyclic) bond motifs is 1. The number of aryl methyl sites for hydroxylation is 1. The average molecular weight is 464 g/mol. The predicted octanol–water partition coefficient (Wildman–Crippen LogP) is 5.19. The molecule has 0 aliphatic heterocycles. The van der Waals surface area contributed by atoms with Crippen LogP contribution < -0.4 is 5.32 Å². The second-order valence-electron chi connectivity index (χ2n) is 6.74. The van der Waals surface area contributed by atoms with E-state index in [1.54, 1.807) is 24.3 Å². The largest absolute Gasteiger partial charge is 0.478 e. The fourth-order valence-electron chi connectivity index (χ4n) is 3.27. The third-order valence-electron chi connectivity index (χ3n) is 4.76. The van der Waals surface area contributed by atoms with Crippen LogP contribution in [-0.4, -0.2) is 26.5 Å². The van der Waals surface area contributed by atoms with Gasteiger partial charge in [0.2, 0.25) is 5.91 Å². The van der Waals surface area contributed by atoms with Crippen LogP contribution in [0.25, 0.3) is 22.4 Å². The van der Waals surface area contributed by atoms with Crippen molar-refractivity contribution in [2.75, 3.05) is 5.32 Å². The first-order chi connectivity index (χ1) is 14.5. The molecule has 6 nitrogen and oxygen atoms in total. The van der Waals surface area contributed by atoms with E-state index < -0.39 is 5.97 Å². The van der Waals surface area contributed by atoms with Crippen molar-refractivity contribution in [1.29, 1.82) is 0 Å². The predicted molar refractivity (Wildman–Crippen MR) is 120 cm³/mol. The number of nitrogens with zero attached hydrogens (tertiary/aromatic N) is 2. The average Bonchev–Trinajstić information content (AvgIpc) is 3.12. The van der Waals surface area contributed by atoms with Crippen LogP contribution in [0.3, 0.4) is 0 Å². The van der Waals surface area contributed by atoms with Gasteiger partial charge in [-0.15, -0.1) is 0 Å². The Bertz CT molecular complexity index is 1230. The van der Waals surface area contributed by atoms with Crippen LogP contribution in [0, 0.1) is 0 Å². The van der Waals surface area contributed by atoms with Crippen LogP contribution in [0.4, 0.5) is 5.69 Å². The van der Waals surface area contributed by atoms with E-state index >= 15 is 0 Å². The highest BCUT2D eigenvalue weighted by atomic mass is 79.9. The van der Waals surface area contributed by atoms with E-state index in [1.807, 2.05) is 53.1 Å². The molecule has 0 aliphatic rings. The van der Waals surface area contributed by atoms with Gasteiger partial charge in [-0.3, -0.25) is 4.79 Å². The fourth-order valence-corrected chi connectivity index (χ4v) is 3.66. The molecule has 4 aromatic rings. The number of aromatic carboxylic acids is 1. The number of carbonyl (C=O) groups excluding carboxylic acids is 1. The van der Waals surface area contributed by atoms with Crippen molar-refractivity contribution >= 4 is 44.5 Å². The maximum absolute atomic E-state index is 12.5. The van der Waals surface area contributed by atoms with Gasteiger partial charge in [0.1, 0.15) is 5.82 Å². The van der Waals surface area contributed by atoms with E-state index in [4.69, 9.17) is 10.1 Å². The molecule has 30 heavy (non-hydrogen) atoms. The molecular formula is C23H18BrN3O3. The van der Waals surface area contributed by atoms with Gasteiger partial charge in [-0.2, -0.15) is 0 Å². The van der Waals surface area contributed by atoms with Crippen LogP contribution in [0.5, 0.6) is 0 Å². The molecule has 0 aliphatic carbocycles. The summed E-state index contributed by atoms with van der Waals surface area (Å²) in [7, 11) is 0. The molecule has 1 amide bonds. The van der Waals surface area contributed by atoms with Gasteiger partial charge in [-0.05, 0) is 52.3 Å². The topological polar surface area (TPSA) is 84.2 Å². The van der Waals surface area contributed by atoms with E-state index in [9.17, 15) is 9.59 Å². The smallest absolute Gasteiger partial charge is 0.335 e. The molecule has 0 spiro atoms. The first kappa shape index (κ1) is 19.8. The van der Waals surface area contributed by atoms with E-state index in [0.717, 1.165) is 26.8 Å². The highest BCUT2D eigenvalue weighted by Crippen LogP contribution is 2.26. The quantitative estimate of drug-likeness (QED) is 0.411. The molecule has 0 unspecified atom stereocenters. The normalized spacial score (nSPS) is 10.8. The highest BCUT2D eigenvalue weighted by molar-refractivity contribution is 9.10. The van der Waals surface area contributed by atoms with Crippen LogP contribution >= 0.6 is 15.9 Å². The Balaban J connectivity index is 1.61. The molecule has 0 bridgehead atoms. The molecule has 150 valence electrons. The number of hydrogen-bond acceptors (Lipinski definition) is 3. The van der Waals surface area contributed by atoms with Gasteiger partial charge < -0.3 is 15.0 Å². The number of carboxylic acid groups (broad SMARTS) is 1. The Morgan fingerprint density at radius 3 is 2.40 bits per heavy atom. The summed E-state index contributed by atoms with van der Waals surface area (Å²) < 4.78 is 2.82. The zero-order chi connectivity index (χ0) is 21.1. The van der Waals surface area contributed by atoms with Crippen molar-refractivity contribution in [3.05, 3.63) is 82.8 Å². The number of carbonyl (C=O) groups is 2. The van der Waals surface area contributed by atoms with E-state index in [-0.39, 0.29) is 17.9 Å². The first-order valence-corrected chi connectivity index (χ1v) is 10.2. The summed E-state index contributed by atoms with van der Waals surface area (Å²) in [6.45, 7) is 0.437. The Morgan fingerprint density at radius 2 is 1.67 bits per heavy atom. The first-order valence-electron chi connectivity index (χ1n) is 9.36. The number of imidazole rings is 1.